The van der Waals surface area contributed by atoms with E-state index in [4.69, 9.17) is 4.74 Å². The normalized spacial score (nSPS) is 12.4. The minimum Gasteiger partial charge on any atom is -0.474 e. The van der Waals surface area contributed by atoms with Crippen LogP contribution in [0.4, 0.5) is 23.2 Å². The summed E-state index contributed by atoms with van der Waals surface area (Å²) in [6.45, 7) is 6.70. The largest absolute Gasteiger partial charge is 0.474 e. The number of rotatable bonds is 9. The van der Waals surface area contributed by atoms with E-state index < -0.39 is 51.3 Å². The predicted molar refractivity (Wildman–Crippen MR) is 120 cm³/mol. The molecule has 0 saturated carbocycles. The van der Waals surface area contributed by atoms with E-state index >= 15 is 0 Å². The van der Waals surface area contributed by atoms with Crippen LogP contribution in [-0.4, -0.2) is 31.7 Å². The van der Waals surface area contributed by atoms with Crippen molar-refractivity contribution in [3.8, 4) is 11.9 Å². The van der Waals surface area contributed by atoms with Gasteiger partial charge in [-0.1, -0.05) is 13.5 Å². The third-order valence-corrected chi connectivity index (χ3v) is 5.22. The maximum absolute atomic E-state index is 14.4. The molecule has 1 atom stereocenters. The Hall–Kier alpha value is -3.66. The first-order chi connectivity index (χ1) is 16.2. The van der Waals surface area contributed by atoms with E-state index in [1.807, 2.05) is 4.72 Å². The van der Waals surface area contributed by atoms with Gasteiger partial charge in [-0.25, -0.2) is 17.8 Å². The molecular formula is C22H22F4N4O4S. The summed E-state index contributed by atoms with van der Waals surface area (Å²) in [5, 5.41) is 11.7. The van der Waals surface area contributed by atoms with Gasteiger partial charge in [0.15, 0.2) is 0 Å². The number of sulfonamides is 1. The number of hydrogen-bond acceptors (Lipinski definition) is 6. The lowest BCUT2D eigenvalue weighted by atomic mass is 10.1. The predicted octanol–water partition coefficient (Wildman–Crippen LogP) is 3.99. The summed E-state index contributed by atoms with van der Waals surface area (Å²) in [4.78, 5) is 16.1. The maximum Gasteiger partial charge on any atom is 0.433 e. The zero-order valence-electron chi connectivity index (χ0n) is 19.0. The van der Waals surface area contributed by atoms with Crippen LogP contribution in [0, 0.1) is 17.1 Å². The third-order valence-electron chi connectivity index (χ3n) is 4.65. The lowest BCUT2D eigenvalue weighted by molar-refractivity contribution is -0.141. The Bertz CT molecular complexity index is 1290. The Morgan fingerprint density at radius 1 is 1.31 bits per heavy atom. The molecule has 1 aromatic heterocycles. The number of alkyl halides is 3. The highest BCUT2D eigenvalue weighted by Crippen LogP contribution is 2.33. The Kier molecular flexibility index (Phi) is 8.46. The molecule has 2 N–H and O–H groups in total. The molecule has 0 fully saturated rings. The quantitative estimate of drug-likeness (QED) is 0.386. The van der Waals surface area contributed by atoms with Crippen LogP contribution in [0.15, 0.2) is 30.8 Å². The van der Waals surface area contributed by atoms with E-state index in [0.29, 0.717) is 12.5 Å². The van der Waals surface area contributed by atoms with Crippen LogP contribution in [0.1, 0.15) is 42.7 Å². The summed E-state index contributed by atoms with van der Waals surface area (Å²) in [6.07, 6.45) is -3.96. The molecule has 0 radical (unpaired) electrons. The molecule has 0 saturated heterocycles. The molecule has 13 heteroatoms. The number of hydrogen-bond donors (Lipinski definition) is 2. The summed E-state index contributed by atoms with van der Waals surface area (Å²) in [5.74, 6) is -2.25. The van der Waals surface area contributed by atoms with Gasteiger partial charge in [-0.15, -0.1) is 0 Å². The van der Waals surface area contributed by atoms with E-state index in [-0.39, 0.29) is 28.8 Å². The third kappa shape index (κ3) is 7.41. The van der Waals surface area contributed by atoms with Crippen molar-refractivity contribution in [3.05, 3.63) is 59.0 Å². The van der Waals surface area contributed by atoms with Gasteiger partial charge in [-0.05, 0) is 43.2 Å². The second kappa shape index (κ2) is 10.7. The minimum absolute atomic E-state index is 0.0626. The van der Waals surface area contributed by atoms with E-state index in [2.05, 4.69) is 16.9 Å². The number of carbonyl (C=O) groups is 1. The zero-order valence-corrected chi connectivity index (χ0v) is 19.8. The van der Waals surface area contributed by atoms with Gasteiger partial charge in [0.25, 0.3) is 5.91 Å². The summed E-state index contributed by atoms with van der Waals surface area (Å²) < 4.78 is 83.8. The molecule has 1 unspecified atom stereocenters. The lowest BCUT2D eigenvalue weighted by Crippen LogP contribution is -2.25. The number of aromatic nitrogens is 1. The summed E-state index contributed by atoms with van der Waals surface area (Å²) >= 11 is 0. The van der Waals surface area contributed by atoms with Crippen LogP contribution in [0.2, 0.25) is 0 Å². The molecule has 188 valence electrons. The molecule has 0 spiro atoms. The van der Waals surface area contributed by atoms with Crippen molar-refractivity contribution in [2.75, 3.05) is 11.0 Å². The van der Waals surface area contributed by atoms with Crippen molar-refractivity contribution in [1.82, 2.24) is 10.3 Å². The van der Waals surface area contributed by atoms with Gasteiger partial charge in [0.05, 0.1) is 17.9 Å². The number of nitrogens with zero attached hydrogens (tertiary/aromatic N) is 2. The fraction of sp³-hybridized carbons (Fsp3) is 0.318. The highest BCUT2D eigenvalue weighted by Gasteiger charge is 2.34. The van der Waals surface area contributed by atoms with Gasteiger partial charge >= 0.3 is 6.18 Å². The van der Waals surface area contributed by atoms with Crippen molar-refractivity contribution in [3.63, 3.8) is 0 Å². The van der Waals surface area contributed by atoms with E-state index in [9.17, 15) is 36.0 Å². The van der Waals surface area contributed by atoms with Gasteiger partial charge in [-0.2, -0.15) is 18.4 Å². The van der Waals surface area contributed by atoms with Crippen molar-refractivity contribution in [2.45, 2.75) is 39.1 Å². The Morgan fingerprint density at radius 2 is 1.97 bits per heavy atom. The van der Waals surface area contributed by atoms with Gasteiger partial charge in [0.1, 0.15) is 23.3 Å². The summed E-state index contributed by atoms with van der Waals surface area (Å²) in [6, 6.07) is 5.49. The first-order valence-corrected chi connectivity index (χ1v) is 12.0. The van der Waals surface area contributed by atoms with E-state index in [0.717, 1.165) is 18.4 Å². The number of amides is 1. The Balaban J connectivity index is 2.28. The number of ether oxygens (including phenoxy) is 1. The second-order valence-corrected chi connectivity index (χ2v) is 9.28. The zero-order chi connectivity index (χ0) is 26.6. The highest BCUT2D eigenvalue weighted by atomic mass is 32.2. The average Bonchev–Trinajstić information content (AvgIpc) is 2.76. The van der Waals surface area contributed by atoms with Crippen LogP contribution in [0.5, 0.6) is 5.88 Å². The van der Waals surface area contributed by atoms with Gasteiger partial charge in [-0.3, -0.25) is 9.52 Å². The molecule has 0 aliphatic carbocycles. The number of halogens is 4. The van der Waals surface area contributed by atoms with Crippen molar-refractivity contribution < 1.29 is 35.5 Å². The average molecular weight is 515 g/mol. The lowest BCUT2D eigenvalue weighted by Gasteiger charge is -2.18. The van der Waals surface area contributed by atoms with E-state index in [1.165, 1.54) is 6.07 Å². The molecule has 1 heterocycles. The Morgan fingerprint density at radius 3 is 2.51 bits per heavy atom. The first-order valence-electron chi connectivity index (χ1n) is 10.1. The summed E-state index contributed by atoms with van der Waals surface area (Å²) in [7, 11) is -3.85. The topological polar surface area (TPSA) is 121 Å². The smallest absolute Gasteiger partial charge is 0.433 e. The van der Waals surface area contributed by atoms with Crippen LogP contribution < -0.4 is 14.8 Å². The molecular weight excluding hydrogens is 492 g/mol. The molecule has 1 amide bonds. The number of pyridine rings is 1. The number of anilines is 1. The summed E-state index contributed by atoms with van der Waals surface area (Å²) in [5.41, 5.74) is -2.23. The molecule has 0 bridgehead atoms. The molecule has 1 aromatic carbocycles. The van der Waals surface area contributed by atoms with Crippen molar-refractivity contribution in [2.24, 2.45) is 0 Å². The van der Waals surface area contributed by atoms with Crippen molar-refractivity contribution >= 4 is 27.2 Å². The first kappa shape index (κ1) is 27.6. The molecule has 2 rings (SSSR count). The fourth-order valence-corrected chi connectivity index (χ4v) is 3.32. The van der Waals surface area contributed by atoms with Gasteiger partial charge in [0.2, 0.25) is 15.9 Å². The number of benzene rings is 1. The highest BCUT2D eigenvalue weighted by molar-refractivity contribution is 7.92. The standard InChI is InChI=1S/C22H22F4N4O4S/c1-5-12(2)34-21-16(6-7-18(29-21)22(24,25)26)13(3)20(31)28-11-14-8-15(10-27)19(17(23)9-14)30-35(4,32)33/h6-9,12,30H,3,5,11H2,1-2,4H3,(H,28,31). The maximum atomic E-state index is 14.4. The molecule has 35 heavy (non-hydrogen) atoms. The Labute approximate surface area is 199 Å². The van der Waals surface area contributed by atoms with Crippen LogP contribution in [0.25, 0.3) is 5.57 Å². The van der Waals surface area contributed by atoms with Crippen LogP contribution in [-0.2, 0) is 27.5 Å². The second-order valence-electron chi connectivity index (χ2n) is 7.53. The molecule has 0 aliphatic heterocycles. The minimum atomic E-state index is -4.73. The number of nitriles is 1. The van der Waals surface area contributed by atoms with Crippen LogP contribution in [0.3, 0.4) is 0 Å². The monoisotopic (exact) mass is 514 g/mol. The van der Waals surface area contributed by atoms with Gasteiger partial charge < -0.3 is 10.1 Å². The van der Waals surface area contributed by atoms with E-state index in [1.54, 1.807) is 19.9 Å². The molecule has 0 aliphatic rings. The number of carbonyl (C=O) groups excluding carboxylic acids is 1. The molecule has 8 nitrogen and oxygen atoms in total. The number of nitrogens with one attached hydrogen (secondary N) is 2. The molecule has 2 aromatic rings. The van der Waals surface area contributed by atoms with Crippen LogP contribution >= 0.6 is 0 Å². The SMILES string of the molecule is C=C(C(=O)NCc1cc(F)c(NS(C)(=O)=O)c(C#N)c1)c1ccc(C(F)(F)F)nc1OC(C)CC. The van der Waals surface area contributed by atoms with Crippen molar-refractivity contribution in [1.29, 1.82) is 5.26 Å². The van der Waals surface area contributed by atoms with Gasteiger partial charge in [0, 0.05) is 17.7 Å². The fourth-order valence-electron chi connectivity index (χ4n) is 2.75.